The molecule has 110 valence electrons. The molecule has 0 unspecified atom stereocenters. The summed E-state index contributed by atoms with van der Waals surface area (Å²) in [6.07, 6.45) is 2.32. The lowest BCUT2D eigenvalue weighted by molar-refractivity contribution is -0.119. The Labute approximate surface area is 133 Å². The predicted octanol–water partition coefficient (Wildman–Crippen LogP) is 3.52. The Hall–Kier alpha value is -0.420. The average Bonchev–Trinajstić information content (AvgIpc) is 2.94. The SMILES string of the molecule is O=C(CSCc1ccc(Cl)c(Cl)c1)NC[C@@H]1CCCO1. The normalized spacial score (nSPS) is 18.2. The molecule has 1 aromatic rings. The molecule has 3 nitrogen and oxygen atoms in total. The Morgan fingerprint density at radius 2 is 2.25 bits per heavy atom. The van der Waals surface area contributed by atoms with Gasteiger partial charge in [-0.1, -0.05) is 29.3 Å². The van der Waals surface area contributed by atoms with Crippen LogP contribution in [0.25, 0.3) is 0 Å². The summed E-state index contributed by atoms with van der Waals surface area (Å²) < 4.78 is 5.45. The van der Waals surface area contributed by atoms with E-state index in [1.807, 2.05) is 12.1 Å². The summed E-state index contributed by atoms with van der Waals surface area (Å²) in [6.45, 7) is 1.43. The Balaban J connectivity index is 1.64. The molecule has 0 aromatic heterocycles. The van der Waals surface area contributed by atoms with E-state index in [1.54, 1.807) is 17.8 Å². The number of rotatable bonds is 6. The van der Waals surface area contributed by atoms with Gasteiger partial charge in [-0.25, -0.2) is 0 Å². The van der Waals surface area contributed by atoms with Crippen LogP contribution in [-0.4, -0.2) is 30.9 Å². The van der Waals surface area contributed by atoms with Crippen molar-refractivity contribution >= 4 is 40.9 Å². The van der Waals surface area contributed by atoms with E-state index in [0.717, 1.165) is 30.8 Å². The molecular formula is C14H17Cl2NO2S. The number of benzene rings is 1. The second-order valence-electron chi connectivity index (χ2n) is 4.68. The number of thioether (sulfide) groups is 1. The van der Waals surface area contributed by atoms with Crippen molar-refractivity contribution in [2.24, 2.45) is 0 Å². The Bertz CT molecular complexity index is 464. The van der Waals surface area contributed by atoms with Crippen LogP contribution in [0.5, 0.6) is 0 Å². The highest BCUT2D eigenvalue weighted by atomic mass is 35.5. The van der Waals surface area contributed by atoms with Crippen LogP contribution in [0.3, 0.4) is 0 Å². The molecule has 1 amide bonds. The molecule has 1 aliphatic heterocycles. The summed E-state index contributed by atoms with van der Waals surface area (Å²) in [5, 5.41) is 4.00. The van der Waals surface area contributed by atoms with E-state index in [1.165, 1.54) is 0 Å². The minimum absolute atomic E-state index is 0.0468. The van der Waals surface area contributed by atoms with Gasteiger partial charge >= 0.3 is 0 Å². The maximum absolute atomic E-state index is 11.7. The van der Waals surface area contributed by atoms with Crippen LogP contribution in [0, 0.1) is 0 Å². The first-order chi connectivity index (χ1) is 9.65. The van der Waals surface area contributed by atoms with Gasteiger partial charge < -0.3 is 10.1 Å². The topological polar surface area (TPSA) is 38.3 Å². The number of hydrogen-bond donors (Lipinski definition) is 1. The first-order valence-electron chi connectivity index (χ1n) is 6.55. The zero-order valence-corrected chi connectivity index (χ0v) is 13.4. The van der Waals surface area contributed by atoms with Crippen LogP contribution < -0.4 is 5.32 Å². The molecule has 1 atom stereocenters. The number of carbonyl (C=O) groups is 1. The summed E-state index contributed by atoms with van der Waals surface area (Å²) >= 11 is 13.4. The molecule has 1 saturated heterocycles. The molecule has 1 heterocycles. The maximum atomic E-state index is 11.7. The molecule has 0 aliphatic carbocycles. The third-order valence-corrected chi connectivity index (χ3v) is 4.78. The molecule has 1 N–H and O–H groups in total. The van der Waals surface area contributed by atoms with Gasteiger partial charge in [-0.05, 0) is 30.5 Å². The lowest BCUT2D eigenvalue weighted by Gasteiger charge is -2.10. The standard InChI is InChI=1S/C14H17Cl2NO2S/c15-12-4-3-10(6-13(12)16)8-20-9-14(18)17-7-11-2-1-5-19-11/h3-4,6,11H,1-2,5,7-9H2,(H,17,18)/t11-/m0/s1. The number of ether oxygens (including phenoxy) is 1. The third kappa shape index (κ3) is 5.17. The summed E-state index contributed by atoms with van der Waals surface area (Å²) in [4.78, 5) is 11.7. The van der Waals surface area contributed by atoms with Crippen molar-refractivity contribution in [3.05, 3.63) is 33.8 Å². The Morgan fingerprint density at radius 3 is 2.95 bits per heavy atom. The van der Waals surface area contributed by atoms with Crippen LogP contribution in [0.15, 0.2) is 18.2 Å². The van der Waals surface area contributed by atoms with E-state index in [-0.39, 0.29) is 12.0 Å². The van der Waals surface area contributed by atoms with Gasteiger partial charge in [-0.3, -0.25) is 4.79 Å². The highest BCUT2D eigenvalue weighted by Crippen LogP contribution is 2.24. The van der Waals surface area contributed by atoms with Gasteiger partial charge in [0.15, 0.2) is 0 Å². The van der Waals surface area contributed by atoms with Gasteiger partial charge in [-0.2, -0.15) is 0 Å². The summed E-state index contributed by atoms with van der Waals surface area (Å²) in [7, 11) is 0. The largest absolute Gasteiger partial charge is 0.376 e. The number of carbonyl (C=O) groups excluding carboxylic acids is 1. The van der Waals surface area contributed by atoms with E-state index >= 15 is 0 Å². The van der Waals surface area contributed by atoms with Gasteiger partial charge in [-0.15, -0.1) is 11.8 Å². The molecule has 0 radical (unpaired) electrons. The minimum Gasteiger partial charge on any atom is -0.376 e. The van der Waals surface area contributed by atoms with Crippen molar-refractivity contribution in [3.63, 3.8) is 0 Å². The molecule has 1 aliphatic rings. The zero-order chi connectivity index (χ0) is 14.4. The second kappa shape index (κ2) is 8.13. The quantitative estimate of drug-likeness (QED) is 0.865. The van der Waals surface area contributed by atoms with Crippen LogP contribution >= 0.6 is 35.0 Å². The zero-order valence-electron chi connectivity index (χ0n) is 11.0. The molecule has 0 saturated carbocycles. The molecule has 6 heteroatoms. The van der Waals surface area contributed by atoms with Crippen LogP contribution in [0.2, 0.25) is 10.0 Å². The van der Waals surface area contributed by atoms with Crippen molar-refractivity contribution < 1.29 is 9.53 Å². The lowest BCUT2D eigenvalue weighted by atomic mass is 10.2. The predicted molar refractivity (Wildman–Crippen MR) is 84.6 cm³/mol. The van der Waals surface area contributed by atoms with Crippen molar-refractivity contribution in [3.8, 4) is 0 Å². The van der Waals surface area contributed by atoms with Crippen molar-refractivity contribution in [2.75, 3.05) is 18.9 Å². The number of amides is 1. The van der Waals surface area contributed by atoms with E-state index in [0.29, 0.717) is 22.3 Å². The van der Waals surface area contributed by atoms with E-state index in [4.69, 9.17) is 27.9 Å². The highest BCUT2D eigenvalue weighted by Gasteiger charge is 2.15. The summed E-state index contributed by atoms with van der Waals surface area (Å²) in [6, 6.07) is 5.53. The van der Waals surface area contributed by atoms with Crippen LogP contribution in [0.1, 0.15) is 18.4 Å². The van der Waals surface area contributed by atoms with E-state index in [2.05, 4.69) is 5.32 Å². The first-order valence-corrected chi connectivity index (χ1v) is 8.46. The fourth-order valence-corrected chi connectivity index (χ4v) is 3.10. The lowest BCUT2D eigenvalue weighted by Crippen LogP contribution is -2.32. The minimum atomic E-state index is 0.0468. The van der Waals surface area contributed by atoms with Gasteiger partial charge in [0, 0.05) is 18.9 Å². The van der Waals surface area contributed by atoms with E-state index in [9.17, 15) is 4.79 Å². The van der Waals surface area contributed by atoms with Gasteiger partial charge in [0.2, 0.25) is 5.91 Å². The first kappa shape index (κ1) is 16.0. The Kier molecular flexibility index (Phi) is 6.49. The Morgan fingerprint density at radius 1 is 1.40 bits per heavy atom. The fraction of sp³-hybridized carbons (Fsp3) is 0.500. The average molecular weight is 334 g/mol. The number of nitrogens with one attached hydrogen (secondary N) is 1. The van der Waals surface area contributed by atoms with Crippen LogP contribution in [-0.2, 0) is 15.3 Å². The van der Waals surface area contributed by atoms with Crippen molar-refractivity contribution in [1.29, 1.82) is 0 Å². The molecule has 2 rings (SSSR count). The third-order valence-electron chi connectivity index (χ3n) is 3.04. The number of halogens is 2. The van der Waals surface area contributed by atoms with Gasteiger partial charge in [0.25, 0.3) is 0 Å². The van der Waals surface area contributed by atoms with Crippen molar-refractivity contribution in [1.82, 2.24) is 5.32 Å². The molecule has 0 spiro atoms. The monoisotopic (exact) mass is 333 g/mol. The highest BCUT2D eigenvalue weighted by molar-refractivity contribution is 7.99. The molecule has 1 aromatic carbocycles. The molecule has 0 bridgehead atoms. The molecule has 1 fully saturated rings. The van der Waals surface area contributed by atoms with Crippen molar-refractivity contribution in [2.45, 2.75) is 24.7 Å². The molecule has 20 heavy (non-hydrogen) atoms. The fourth-order valence-electron chi connectivity index (χ4n) is 1.98. The summed E-state index contributed by atoms with van der Waals surface area (Å²) in [5.74, 6) is 1.22. The van der Waals surface area contributed by atoms with E-state index < -0.39 is 0 Å². The van der Waals surface area contributed by atoms with Gasteiger partial charge in [0.1, 0.15) is 0 Å². The maximum Gasteiger partial charge on any atom is 0.230 e. The van der Waals surface area contributed by atoms with Crippen LogP contribution in [0.4, 0.5) is 0 Å². The smallest absolute Gasteiger partial charge is 0.230 e. The molecular weight excluding hydrogens is 317 g/mol. The second-order valence-corrected chi connectivity index (χ2v) is 6.48. The number of hydrogen-bond acceptors (Lipinski definition) is 3. The summed E-state index contributed by atoms with van der Waals surface area (Å²) in [5.41, 5.74) is 1.07. The van der Waals surface area contributed by atoms with Gasteiger partial charge in [0.05, 0.1) is 21.9 Å².